The number of hydrogen-bond acceptors (Lipinski definition) is 5. The largest absolute Gasteiger partial charge is 0.497 e. The molecule has 0 bridgehead atoms. The van der Waals surface area contributed by atoms with E-state index in [1.54, 1.807) is 14.2 Å². The van der Waals surface area contributed by atoms with Gasteiger partial charge in [0.05, 0.1) is 27.4 Å². The van der Waals surface area contributed by atoms with Gasteiger partial charge in [-0.3, -0.25) is 9.69 Å². The molecule has 4 rings (SSSR count). The predicted molar refractivity (Wildman–Crippen MR) is 115 cm³/mol. The average molecular weight is 411 g/mol. The second kappa shape index (κ2) is 9.49. The van der Waals surface area contributed by atoms with Crippen molar-refractivity contribution in [2.24, 2.45) is 0 Å². The first-order chi connectivity index (χ1) is 14.7. The van der Waals surface area contributed by atoms with Crippen molar-refractivity contribution >= 4 is 5.91 Å². The average Bonchev–Trinajstić information content (AvgIpc) is 3.29. The number of likely N-dealkylation sites (tertiary alicyclic amines) is 1. The van der Waals surface area contributed by atoms with E-state index < -0.39 is 0 Å². The highest BCUT2D eigenvalue weighted by Crippen LogP contribution is 2.43. The van der Waals surface area contributed by atoms with Gasteiger partial charge in [-0.15, -0.1) is 0 Å². The van der Waals surface area contributed by atoms with Crippen molar-refractivity contribution in [3.8, 4) is 11.5 Å². The van der Waals surface area contributed by atoms with Crippen LogP contribution in [0.25, 0.3) is 0 Å². The maximum absolute atomic E-state index is 13.7. The molecule has 0 aliphatic carbocycles. The van der Waals surface area contributed by atoms with Crippen molar-refractivity contribution in [3.63, 3.8) is 0 Å². The van der Waals surface area contributed by atoms with E-state index in [0.717, 1.165) is 42.0 Å². The Morgan fingerprint density at radius 3 is 2.50 bits per heavy atom. The molecule has 2 saturated heterocycles. The topological polar surface area (TPSA) is 51.2 Å². The Labute approximate surface area is 178 Å². The van der Waals surface area contributed by atoms with Crippen LogP contribution in [0.1, 0.15) is 36.1 Å². The predicted octanol–water partition coefficient (Wildman–Crippen LogP) is 3.44. The fourth-order valence-corrected chi connectivity index (χ4v) is 4.59. The SMILES string of the molecule is COc1ccc([C@H]2CCCN2[C@H](C(=O)N2CCOCC2)c2ccccc2)c(OC)c1. The third-order valence-corrected chi connectivity index (χ3v) is 6.10. The zero-order valence-corrected chi connectivity index (χ0v) is 17.8. The van der Waals surface area contributed by atoms with E-state index in [9.17, 15) is 4.79 Å². The number of ether oxygens (including phenoxy) is 3. The van der Waals surface area contributed by atoms with Gasteiger partial charge >= 0.3 is 0 Å². The first kappa shape index (κ1) is 20.7. The number of rotatable bonds is 6. The first-order valence-corrected chi connectivity index (χ1v) is 10.6. The molecule has 2 aromatic rings. The van der Waals surface area contributed by atoms with E-state index in [2.05, 4.69) is 23.1 Å². The van der Waals surface area contributed by atoms with Gasteiger partial charge in [0.25, 0.3) is 0 Å². The molecular formula is C24H30N2O4. The van der Waals surface area contributed by atoms with Crippen molar-refractivity contribution < 1.29 is 19.0 Å². The molecule has 2 aromatic carbocycles. The maximum Gasteiger partial charge on any atom is 0.244 e. The van der Waals surface area contributed by atoms with Gasteiger partial charge in [-0.2, -0.15) is 0 Å². The number of methoxy groups -OCH3 is 2. The van der Waals surface area contributed by atoms with Crippen LogP contribution in [0.5, 0.6) is 11.5 Å². The summed E-state index contributed by atoms with van der Waals surface area (Å²) in [7, 11) is 3.34. The number of carbonyl (C=O) groups excluding carboxylic acids is 1. The molecule has 6 nitrogen and oxygen atoms in total. The van der Waals surface area contributed by atoms with E-state index in [1.165, 1.54) is 0 Å². The fourth-order valence-electron chi connectivity index (χ4n) is 4.59. The summed E-state index contributed by atoms with van der Waals surface area (Å²) in [6, 6.07) is 15.9. The van der Waals surface area contributed by atoms with Gasteiger partial charge in [-0.05, 0) is 31.0 Å². The Morgan fingerprint density at radius 2 is 1.80 bits per heavy atom. The van der Waals surface area contributed by atoms with E-state index in [0.29, 0.717) is 26.3 Å². The summed E-state index contributed by atoms with van der Waals surface area (Å²) < 4.78 is 16.5. The summed E-state index contributed by atoms with van der Waals surface area (Å²) in [5.41, 5.74) is 2.14. The lowest BCUT2D eigenvalue weighted by atomic mass is 9.98. The number of hydrogen-bond donors (Lipinski definition) is 0. The Balaban J connectivity index is 1.70. The summed E-state index contributed by atoms with van der Waals surface area (Å²) in [5, 5.41) is 0. The summed E-state index contributed by atoms with van der Waals surface area (Å²) in [5.74, 6) is 1.73. The molecule has 0 N–H and O–H groups in total. The molecule has 2 aliphatic heterocycles. The van der Waals surface area contributed by atoms with Crippen LogP contribution in [0.4, 0.5) is 0 Å². The molecule has 0 radical (unpaired) electrons. The van der Waals surface area contributed by atoms with Gasteiger partial charge in [0.2, 0.25) is 5.91 Å². The van der Waals surface area contributed by atoms with Crippen molar-refractivity contribution in [2.75, 3.05) is 47.1 Å². The lowest BCUT2D eigenvalue weighted by molar-refractivity contribution is -0.142. The maximum atomic E-state index is 13.7. The molecule has 2 aliphatic rings. The number of benzene rings is 2. The minimum absolute atomic E-state index is 0.112. The van der Waals surface area contributed by atoms with Crippen molar-refractivity contribution in [1.82, 2.24) is 9.80 Å². The summed E-state index contributed by atoms with van der Waals surface area (Å²) in [6.07, 6.45) is 2.03. The van der Waals surface area contributed by atoms with E-state index in [-0.39, 0.29) is 18.0 Å². The summed E-state index contributed by atoms with van der Waals surface area (Å²) in [4.78, 5) is 18.0. The van der Waals surface area contributed by atoms with Gasteiger partial charge in [0.1, 0.15) is 17.5 Å². The lowest BCUT2D eigenvalue weighted by Crippen LogP contribution is -2.47. The van der Waals surface area contributed by atoms with E-state index >= 15 is 0 Å². The Morgan fingerprint density at radius 1 is 1.03 bits per heavy atom. The van der Waals surface area contributed by atoms with Crippen LogP contribution in [0, 0.1) is 0 Å². The molecule has 2 atom stereocenters. The monoisotopic (exact) mass is 410 g/mol. The molecule has 2 heterocycles. The number of amides is 1. The zero-order chi connectivity index (χ0) is 20.9. The Hall–Kier alpha value is -2.57. The Bertz CT molecular complexity index is 852. The van der Waals surface area contributed by atoms with E-state index in [1.807, 2.05) is 35.2 Å². The highest BCUT2D eigenvalue weighted by Gasteiger charge is 2.39. The van der Waals surface area contributed by atoms with Crippen LogP contribution in [0.15, 0.2) is 48.5 Å². The molecule has 0 spiro atoms. The van der Waals surface area contributed by atoms with Crippen molar-refractivity contribution in [1.29, 1.82) is 0 Å². The number of nitrogens with zero attached hydrogens (tertiary/aromatic N) is 2. The summed E-state index contributed by atoms with van der Waals surface area (Å²) >= 11 is 0. The first-order valence-electron chi connectivity index (χ1n) is 10.6. The number of carbonyl (C=O) groups is 1. The van der Waals surface area contributed by atoms with Gasteiger partial charge in [-0.1, -0.05) is 36.4 Å². The van der Waals surface area contributed by atoms with Gasteiger partial charge in [0, 0.05) is 30.8 Å². The van der Waals surface area contributed by atoms with Gasteiger partial charge in [-0.25, -0.2) is 0 Å². The Kier molecular flexibility index (Phi) is 6.55. The molecule has 160 valence electrons. The standard InChI is InChI=1S/C24H30N2O4/c1-28-19-10-11-20(22(17-19)29-2)21-9-6-12-26(21)23(18-7-4-3-5-8-18)24(27)25-13-15-30-16-14-25/h3-5,7-8,10-11,17,21,23H,6,9,12-16H2,1-2H3/t21-,23+/m1/s1. The molecule has 1 amide bonds. The van der Waals surface area contributed by atoms with Crippen LogP contribution in [-0.4, -0.2) is 62.8 Å². The second-order valence-electron chi connectivity index (χ2n) is 7.75. The van der Waals surface area contributed by atoms with Crippen molar-refractivity contribution in [2.45, 2.75) is 24.9 Å². The number of morpholine rings is 1. The molecule has 0 aromatic heterocycles. The van der Waals surface area contributed by atoms with Gasteiger partial charge in [0.15, 0.2) is 0 Å². The van der Waals surface area contributed by atoms with Gasteiger partial charge < -0.3 is 19.1 Å². The highest BCUT2D eigenvalue weighted by molar-refractivity contribution is 5.83. The molecule has 0 saturated carbocycles. The van der Waals surface area contributed by atoms with Crippen LogP contribution < -0.4 is 9.47 Å². The quantitative estimate of drug-likeness (QED) is 0.730. The zero-order valence-electron chi connectivity index (χ0n) is 17.8. The van der Waals surface area contributed by atoms with Crippen LogP contribution in [0.2, 0.25) is 0 Å². The molecule has 2 fully saturated rings. The third-order valence-electron chi connectivity index (χ3n) is 6.10. The third kappa shape index (κ3) is 4.16. The fraction of sp³-hybridized carbons (Fsp3) is 0.458. The lowest BCUT2D eigenvalue weighted by Gasteiger charge is -2.37. The minimum atomic E-state index is -0.316. The highest BCUT2D eigenvalue weighted by atomic mass is 16.5. The molecular weight excluding hydrogens is 380 g/mol. The normalized spacial score (nSPS) is 20.7. The van der Waals surface area contributed by atoms with Crippen LogP contribution in [0.3, 0.4) is 0 Å². The summed E-state index contributed by atoms with van der Waals surface area (Å²) in [6.45, 7) is 3.36. The van der Waals surface area contributed by atoms with Crippen molar-refractivity contribution in [3.05, 3.63) is 59.7 Å². The second-order valence-corrected chi connectivity index (χ2v) is 7.75. The molecule has 0 unspecified atom stereocenters. The van der Waals surface area contributed by atoms with Crippen LogP contribution in [-0.2, 0) is 9.53 Å². The minimum Gasteiger partial charge on any atom is -0.497 e. The molecule has 6 heteroatoms. The molecule has 30 heavy (non-hydrogen) atoms. The van der Waals surface area contributed by atoms with Crippen LogP contribution >= 0.6 is 0 Å². The smallest absolute Gasteiger partial charge is 0.244 e. The van der Waals surface area contributed by atoms with E-state index in [4.69, 9.17) is 14.2 Å².